The molecule has 1 aromatic heterocycles. The van der Waals surface area contributed by atoms with Gasteiger partial charge in [0, 0.05) is 47.1 Å². The van der Waals surface area contributed by atoms with Crippen molar-refractivity contribution in [2.45, 2.75) is 45.7 Å². The van der Waals surface area contributed by atoms with Gasteiger partial charge in [0.25, 0.3) is 5.91 Å². The number of guanidine groups is 1. The van der Waals surface area contributed by atoms with Gasteiger partial charge in [0.2, 0.25) is 0 Å². The maximum Gasteiger partial charge on any atom is 0.258 e. The highest BCUT2D eigenvalue weighted by Crippen LogP contribution is 2.25. The van der Waals surface area contributed by atoms with E-state index in [0.717, 1.165) is 28.8 Å². The first-order valence-electron chi connectivity index (χ1n) is 11.6. The van der Waals surface area contributed by atoms with E-state index in [1.54, 1.807) is 31.8 Å². The predicted molar refractivity (Wildman–Crippen MR) is 139 cm³/mol. The van der Waals surface area contributed by atoms with Gasteiger partial charge in [0.15, 0.2) is 5.96 Å². The van der Waals surface area contributed by atoms with Gasteiger partial charge in [-0.15, -0.1) is 0 Å². The lowest BCUT2D eigenvalue weighted by Gasteiger charge is -2.16. The van der Waals surface area contributed by atoms with Crippen LogP contribution in [0.3, 0.4) is 0 Å². The van der Waals surface area contributed by atoms with Crippen molar-refractivity contribution < 1.29 is 13.9 Å². The molecule has 1 heterocycles. The van der Waals surface area contributed by atoms with Gasteiger partial charge in [-0.3, -0.25) is 15.1 Å². The van der Waals surface area contributed by atoms with Crippen LogP contribution in [0, 0.1) is 5.82 Å². The number of nitrogens with zero attached hydrogens (tertiary/aromatic N) is 3. The van der Waals surface area contributed by atoms with Gasteiger partial charge in [-0.25, -0.2) is 9.37 Å². The minimum atomic E-state index is -0.415. The standard InChI is InChI=1S/C26H31BrFN5O2/c1-18(2)31-26(30-12-5-14-33-15-13-29-17-33)32-25(34)22-6-4-7-23(28)21(22)10-8-19-16-20(27)9-11-24(19)35-3/h4,6-7,9,11,13,15-18H,5,8,10,12,14H2,1-3H3,(H2,30,31,32,34). The van der Waals surface area contributed by atoms with Crippen LogP contribution in [0.5, 0.6) is 5.75 Å². The van der Waals surface area contributed by atoms with Crippen molar-refractivity contribution in [3.63, 3.8) is 0 Å². The van der Waals surface area contributed by atoms with Gasteiger partial charge < -0.3 is 14.6 Å². The Kier molecular flexibility index (Phi) is 9.84. The van der Waals surface area contributed by atoms with E-state index in [0.29, 0.717) is 30.9 Å². The molecule has 186 valence electrons. The number of amides is 1. The number of carbonyl (C=O) groups excluding carboxylic acids is 1. The van der Waals surface area contributed by atoms with Crippen LogP contribution in [-0.4, -0.2) is 41.1 Å². The maximum absolute atomic E-state index is 14.8. The summed E-state index contributed by atoms with van der Waals surface area (Å²) in [4.78, 5) is 21.7. The first kappa shape index (κ1) is 26.4. The molecule has 2 N–H and O–H groups in total. The summed E-state index contributed by atoms with van der Waals surface area (Å²) in [5.41, 5.74) is 1.57. The molecular formula is C26H31BrFN5O2. The molecule has 0 fully saturated rings. The van der Waals surface area contributed by atoms with Crippen LogP contribution in [0.4, 0.5) is 4.39 Å². The van der Waals surface area contributed by atoms with E-state index in [-0.39, 0.29) is 11.6 Å². The second-order valence-electron chi connectivity index (χ2n) is 8.33. The van der Waals surface area contributed by atoms with Gasteiger partial charge in [0.1, 0.15) is 11.6 Å². The SMILES string of the molecule is COc1ccc(Br)cc1CCc1c(F)cccc1C(=O)N/C(=N\C(C)C)NCCCn1ccnc1. The zero-order chi connectivity index (χ0) is 25.2. The number of methoxy groups -OCH3 is 1. The number of imidazole rings is 1. The fraction of sp³-hybridized carbons (Fsp3) is 0.346. The first-order chi connectivity index (χ1) is 16.9. The van der Waals surface area contributed by atoms with E-state index in [9.17, 15) is 9.18 Å². The fourth-order valence-corrected chi connectivity index (χ4v) is 4.08. The number of hydrogen-bond donors (Lipinski definition) is 2. The summed E-state index contributed by atoms with van der Waals surface area (Å²) in [5, 5.41) is 6.03. The van der Waals surface area contributed by atoms with E-state index in [4.69, 9.17) is 4.74 Å². The first-order valence-corrected chi connectivity index (χ1v) is 12.3. The normalized spacial score (nSPS) is 11.5. The highest BCUT2D eigenvalue weighted by atomic mass is 79.9. The van der Waals surface area contributed by atoms with Crippen molar-refractivity contribution in [1.82, 2.24) is 20.2 Å². The lowest BCUT2D eigenvalue weighted by atomic mass is 9.98. The number of rotatable bonds is 10. The van der Waals surface area contributed by atoms with Crippen molar-refractivity contribution in [3.8, 4) is 5.75 Å². The minimum Gasteiger partial charge on any atom is -0.496 e. The van der Waals surface area contributed by atoms with Gasteiger partial charge in [-0.05, 0) is 69.0 Å². The van der Waals surface area contributed by atoms with Crippen molar-refractivity contribution >= 4 is 27.8 Å². The second-order valence-corrected chi connectivity index (χ2v) is 9.24. The number of ether oxygens (including phenoxy) is 1. The lowest BCUT2D eigenvalue weighted by Crippen LogP contribution is -2.42. The van der Waals surface area contributed by atoms with Crippen molar-refractivity contribution in [2.75, 3.05) is 13.7 Å². The van der Waals surface area contributed by atoms with Gasteiger partial charge in [-0.2, -0.15) is 0 Å². The van der Waals surface area contributed by atoms with E-state index in [1.807, 2.05) is 42.8 Å². The highest BCUT2D eigenvalue weighted by molar-refractivity contribution is 9.10. The summed E-state index contributed by atoms with van der Waals surface area (Å²) in [7, 11) is 1.60. The van der Waals surface area contributed by atoms with Crippen molar-refractivity contribution in [1.29, 1.82) is 0 Å². The summed E-state index contributed by atoms with van der Waals surface area (Å²) in [6.45, 7) is 5.27. The third-order valence-electron chi connectivity index (χ3n) is 5.31. The van der Waals surface area contributed by atoms with Crippen LogP contribution >= 0.6 is 15.9 Å². The van der Waals surface area contributed by atoms with Crippen molar-refractivity contribution in [3.05, 3.63) is 82.1 Å². The summed E-state index contributed by atoms with van der Waals surface area (Å²) >= 11 is 3.47. The fourth-order valence-electron chi connectivity index (χ4n) is 3.67. The summed E-state index contributed by atoms with van der Waals surface area (Å²) < 4.78 is 23.2. The lowest BCUT2D eigenvalue weighted by molar-refractivity contribution is 0.0974. The molecule has 0 aliphatic rings. The van der Waals surface area contributed by atoms with E-state index in [1.165, 1.54) is 6.07 Å². The average Bonchev–Trinajstić information content (AvgIpc) is 3.34. The molecule has 0 saturated heterocycles. The van der Waals surface area contributed by atoms with Gasteiger partial charge >= 0.3 is 0 Å². The summed E-state index contributed by atoms with van der Waals surface area (Å²) in [5.74, 6) is 0.283. The van der Waals surface area contributed by atoms with Crippen LogP contribution in [0.25, 0.3) is 0 Å². The molecule has 2 aromatic carbocycles. The third kappa shape index (κ3) is 7.92. The van der Waals surface area contributed by atoms with Gasteiger partial charge in [-0.1, -0.05) is 22.0 Å². The Labute approximate surface area is 214 Å². The summed E-state index contributed by atoms with van der Waals surface area (Å²) in [6.07, 6.45) is 7.09. The molecule has 9 heteroatoms. The number of carbonyl (C=O) groups is 1. The molecule has 3 aromatic rings. The molecule has 0 radical (unpaired) electrons. The number of aliphatic imine (C=N–C) groups is 1. The van der Waals surface area contributed by atoms with Crippen LogP contribution in [-0.2, 0) is 19.4 Å². The van der Waals surface area contributed by atoms with Crippen molar-refractivity contribution in [2.24, 2.45) is 4.99 Å². The van der Waals surface area contributed by atoms with Crippen LogP contribution in [0.1, 0.15) is 41.8 Å². The Hall–Kier alpha value is -3.20. The Balaban J connectivity index is 1.70. The van der Waals surface area contributed by atoms with Crippen LogP contribution in [0.15, 0.2) is 64.6 Å². The van der Waals surface area contributed by atoms with E-state index >= 15 is 0 Å². The number of halogens is 2. The average molecular weight is 544 g/mol. The number of benzene rings is 2. The van der Waals surface area contributed by atoms with Gasteiger partial charge in [0.05, 0.1) is 13.4 Å². The number of hydrogen-bond acceptors (Lipinski definition) is 4. The molecule has 0 saturated carbocycles. The largest absolute Gasteiger partial charge is 0.496 e. The van der Waals surface area contributed by atoms with Crippen LogP contribution < -0.4 is 15.4 Å². The van der Waals surface area contributed by atoms with E-state index < -0.39 is 11.7 Å². The molecule has 0 unspecified atom stereocenters. The Morgan fingerprint density at radius 3 is 2.80 bits per heavy atom. The Morgan fingerprint density at radius 1 is 1.26 bits per heavy atom. The molecule has 0 aliphatic heterocycles. The molecule has 0 aliphatic carbocycles. The molecule has 0 bridgehead atoms. The minimum absolute atomic E-state index is 0.0255. The molecule has 0 spiro atoms. The quantitative estimate of drug-likeness (QED) is 0.219. The van der Waals surface area contributed by atoms with Crippen LogP contribution in [0.2, 0.25) is 0 Å². The molecule has 0 atom stereocenters. The number of nitrogens with one attached hydrogen (secondary N) is 2. The maximum atomic E-state index is 14.8. The Bertz CT molecular complexity index is 1150. The smallest absolute Gasteiger partial charge is 0.258 e. The monoisotopic (exact) mass is 543 g/mol. The molecular weight excluding hydrogens is 513 g/mol. The number of aryl methyl sites for hydroxylation is 2. The number of aromatic nitrogens is 2. The third-order valence-corrected chi connectivity index (χ3v) is 5.81. The topological polar surface area (TPSA) is 80.5 Å². The molecule has 7 nitrogen and oxygen atoms in total. The van der Waals surface area contributed by atoms with E-state index in [2.05, 4.69) is 36.5 Å². The zero-order valence-electron chi connectivity index (χ0n) is 20.2. The molecule has 3 rings (SSSR count). The Morgan fingerprint density at radius 2 is 2.09 bits per heavy atom. The molecule has 1 amide bonds. The molecule has 35 heavy (non-hydrogen) atoms. The summed E-state index contributed by atoms with van der Waals surface area (Å²) in [6, 6.07) is 10.2. The zero-order valence-corrected chi connectivity index (χ0v) is 21.8. The second kappa shape index (κ2) is 13.0. The highest BCUT2D eigenvalue weighted by Gasteiger charge is 2.18. The predicted octanol–water partition coefficient (Wildman–Crippen LogP) is 4.75.